The summed E-state index contributed by atoms with van der Waals surface area (Å²) in [4.78, 5) is 2.25. The Morgan fingerprint density at radius 1 is 1.14 bits per heavy atom. The molecule has 3 rings (SSSR count). The lowest BCUT2D eigenvalue weighted by atomic mass is 10.1. The molecule has 0 saturated carbocycles. The topological polar surface area (TPSA) is 60.6 Å². The molecular weight excluding hydrogens is 286 g/mol. The first kappa shape index (κ1) is 14.3. The summed E-state index contributed by atoms with van der Waals surface area (Å²) < 4.78 is 15.3. The highest BCUT2D eigenvalue weighted by atomic mass is 32.1. The van der Waals surface area contributed by atoms with Gasteiger partial charge in [-0.05, 0) is 17.1 Å². The van der Waals surface area contributed by atoms with Crippen LogP contribution in [0.3, 0.4) is 0 Å². The van der Waals surface area contributed by atoms with Gasteiger partial charge >= 0.3 is 0 Å². The second-order valence-corrected chi connectivity index (χ2v) is 5.82. The van der Waals surface area contributed by atoms with Gasteiger partial charge in [0.2, 0.25) is 0 Å². The summed E-state index contributed by atoms with van der Waals surface area (Å²) in [5, 5.41) is 1.08. The van der Waals surface area contributed by atoms with Gasteiger partial charge in [-0.25, -0.2) is 0 Å². The molecule has 0 spiro atoms. The molecule has 5 nitrogen and oxygen atoms in total. The van der Waals surface area contributed by atoms with E-state index in [0.29, 0.717) is 5.82 Å². The van der Waals surface area contributed by atoms with Crippen LogP contribution in [0.25, 0.3) is 11.1 Å². The van der Waals surface area contributed by atoms with Gasteiger partial charge in [-0.1, -0.05) is 30.3 Å². The molecule has 2 aromatic rings. The number of nitrogens with two attached hydrogens (primary N) is 1. The molecule has 1 aromatic heterocycles. The highest BCUT2D eigenvalue weighted by molar-refractivity contribution is 7.11. The number of aromatic nitrogens is 1. The van der Waals surface area contributed by atoms with Gasteiger partial charge in [-0.2, -0.15) is 4.37 Å². The molecule has 2 atom stereocenters. The minimum absolute atomic E-state index is 0.0712. The number of methoxy groups -OCH3 is 2. The van der Waals surface area contributed by atoms with Gasteiger partial charge in [0.05, 0.1) is 5.56 Å². The van der Waals surface area contributed by atoms with E-state index in [1.54, 1.807) is 14.2 Å². The van der Waals surface area contributed by atoms with Gasteiger partial charge < -0.3 is 20.1 Å². The lowest BCUT2D eigenvalue weighted by Crippen LogP contribution is -2.27. The molecule has 0 bridgehead atoms. The monoisotopic (exact) mass is 305 g/mol. The van der Waals surface area contributed by atoms with Gasteiger partial charge in [0, 0.05) is 27.3 Å². The van der Waals surface area contributed by atoms with Gasteiger partial charge in [0.1, 0.15) is 23.0 Å². The smallest absolute Gasteiger partial charge is 0.147 e. The van der Waals surface area contributed by atoms with Gasteiger partial charge in [0.25, 0.3) is 0 Å². The van der Waals surface area contributed by atoms with Crippen LogP contribution in [0.5, 0.6) is 0 Å². The summed E-state index contributed by atoms with van der Waals surface area (Å²) >= 11 is 1.43. The molecular formula is C15H19N3O2S. The third kappa shape index (κ3) is 2.62. The molecule has 0 amide bonds. The maximum absolute atomic E-state index is 6.09. The number of benzene rings is 1. The zero-order valence-corrected chi connectivity index (χ0v) is 13.0. The van der Waals surface area contributed by atoms with Crippen LogP contribution in [0.1, 0.15) is 0 Å². The Kier molecular flexibility index (Phi) is 4.10. The van der Waals surface area contributed by atoms with Crippen molar-refractivity contribution in [3.63, 3.8) is 0 Å². The first-order valence-electron chi connectivity index (χ1n) is 6.85. The van der Waals surface area contributed by atoms with Crippen LogP contribution >= 0.6 is 11.5 Å². The zero-order chi connectivity index (χ0) is 14.8. The molecule has 6 heteroatoms. The third-order valence-corrected chi connectivity index (χ3v) is 4.79. The van der Waals surface area contributed by atoms with Crippen molar-refractivity contribution in [3.05, 3.63) is 30.3 Å². The number of hydrogen-bond acceptors (Lipinski definition) is 6. The number of ether oxygens (including phenoxy) is 2. The van der Waals surface area contributed by atoms with E-state index in [4.69, 9.17) is 15.2 Å². The van der Waals surface area contributed by atoms with Crippen LogP contribution in [0.4, 0.5) is 10.8 Å². The summed E-state index contributed by atoms with van der Waals surface area (Å²) in [5.74, 6) is 0.580. The number of rotatable bonds is 4. The molecule has 112 valence electrons. The molecule has 1 saturated heterocycles. The Morgan fingerprint density at radius 2 is 1.76 bits per heavy atom. The average Bonchev–Trinajstić information content (AvgIpc) is 3.10. The second kappa shape index (κ2) is 6.01. The van der Waals surface area contributed by atoms with Crippen LogP contribution in [0.2, 0.25) is 0 Å². The van der Waals surface area contributed by atoms with Crippen molar-refractivity contribution in [1.29, 1.82) is 0 Å². The van der Waals surface area contributed by atoms with Crippen molar-refractivity contribution in [2.75, 3.05) is 37.9 Å². The molecule has 1 aliphatic rings. The predicted octanol–water partition coefficient (Wildman–Crippen LogP) is 2.24. The summed E-state index contributed by atoms with van der Waals surface area (Å²) in [7, 11) is 3.44. The Bertz CT molecular complexity index is 590. The van der Waals surface area contributed by atoms with E-state index in [0.717, 1.165) is 29.2 Å². The average molecular weight is 305 g/mol. The largest absolute Gasteiger partial charge is 0.382 e. The van der Waals surface area contributed by atoms with Crippen molar-refractivity contribution < 1.29 is 9.47 Å². The third-order valence-electron chi connectivity index (χ3n) is 3.87. The van der Waals surface area contributed by atoms with Crippen LogP contribution in [-0.4, -0.2) is 43.9 Å². The van der Waals surface area contributed by atoms with Crippen LogP contribution in [-0.2, 0) is 9.47 Å². The minimum Gasteiger partial charge on any atom is -0.382 e. The Balaban J connectivity index is 1.94. The van der Waals surface area contributed by atoms with E-state index in [1.807, 2.05) is 18.2 Å². The van der Waals surface area contributed by atoms with E-state index < -0.39 is 0 Å². The normalized spacial score (nSPS) is 21.9. The fourth-order valence-electron chi connectivity index (χ4n) is 2.75. The van der Waals surface area contributed by atoms with Crippen molar-refractivity contribution in [2.24, 2.45) is 0 Å². The van der Waals surface area contributed by atoms with Gasteiger partial charge in [0.15, 0.2) is 0 Å². The quantitative estimate of drug-likeness (QED) is 0.938. The summed E-state index contributed by atoms with van der Waals surface area (Å²) in [5.41, 5.74) is 8.18. The van der Waals surface area contributed by atoms with Crippen molar-refractivity contribution in [1.82, 2.24) is 4.37 Å². The SMILES string of the molecule is COC1CN(c2snc(N)c2-c2ccccc2)CC1OC. The lowest BCUT2D eigenvalue weighted by molar-refractivity contribution is -0.00461. The van der Waals surface area contributed by atoms with E-state index in [2.05, 4.69) is 21.4 Å². The molecule has 0 radical (unpaired) electrons. The van der Waals surface area contributed by atoms with Crippen molar-refractivity contribution in [2.45, 2.75) is 12.2 Å². The Labute approximate surface area is 128 Å². The van der Waals surface area contributed by atoms with Crippen molar-refractivity contribution in [3.8, 4) is 11.1 Å². The molecule has 2 heterocycles. The Hall–Kier alpha value is -1.63. The highest BCUT2D eigenvalue weighted by Crippen LogP contribution is 2.40. The number of anilines is 2. The predicted molar refractivity (Wildman–Crippen MR) is 85.8 cm³/mol. The molecule has 2 unspecified atom stereocenters. The second-order valence-electron chi connectivity index (χ2n) is 5.07. The molecule has 1 fully saturated rings. The fourth-order valence-corrected chi connectivity index (χ4v) is 3.60. The van der Waals surface area contributed by atoms with Gasteiger partial charge in [-0.3, -0.25) is 0 Å². The molecule has 1 aliphatic heterocycles. The molecule has 0 aliphatic carbocycles. The van der Waals surface area contributed by atoms with E-state index >= 15 is 0 Å². The molecule has 2 N–H and O–H groups in total. The minimum atomic E-state index is 0.0712. The molecule has 21 heavy (non-hydrogen) atoms. The first-order chi connectivity index (χ1) is 10.2. The summed E-state index contributed by atoms with van der Waals surface area (Å²) in [6.45, 7) is 1.58. The van der Waals surface area contributed by atoms with Crippen LogP contribution < -0.4 is 10.6 Å². The summed E-state index contributed by atoms with van der Waals surface area (Å²) in [6.07, 6.45) is 0.142. The summed E-state index contributed by atoms with van der Waals surface area (Å²) in [6, 6.07) is 10.1. The number of nitrogen functional groups attached to an aromatic ring is 1. The maximum Gasteiger partial charge on any atom is 0.147 e. The highest BCUT2D eigenvalue weighted by Gasteiger charge is 2.35. The Morgan fingerprint density at radius 3 is 2.33 bits per heavy atom. The number of hydrogen-bond donors (Lipinski definition) is 1. The van der Waals surface area contributed by atoms with E-state index in [-0.39, 0.29) is 12.2 Å². The van der Waals surface area contributed by atoms with Crippen molar-refractivity contribution >= 4 is 22.4 Å². The number of nitrogens with zero attached hydrogens (tertiary/aromatic N) is 2. The van der Waals surface area contributed by atoms with E-state index in [1.165, 1.54) is 11.5 Å². The fraction of sp³-hybridized carbons (Fsp3) is 0.400. The first-order valence-corrected chi connectivity index (χ1v) is 7.63. The van der Waals surface area contributed by atoms with E-state index in [9.17, 15) is 0 Å². The van der Waals surface area contributed by atoms with Gasteiger partial charge in [-0.15, -0.1) is 0 Å². The maximum atomic E-state index is 6.09. The zero-order valence-electron chi connectivity index (χ0n) is 12.2. The van der Waals surface area contributed by atoms with Crippen LogP contribution in [0, 0.1) is 0 Å². The standard InChI is InChI=1S/C15H19N3O2S/c1-19-11-8-18(9-12(11)20-2)15-13(14(16)17-21-15)10-6-4-3-5-7-10/h3-7,11-12H,8-9H2,1-2H3,(H2,16,17). The lowest BCUT2D eigenvalue weighted by Gasteiger charge is -2.17. The van der Waals surface area contributed by atoms with Crippen LogP contribution in [0.15, 0.2) is 30.3 Å². The molecule has 1 aromatic carbocycles.